The smallest absolute Gasteiger partial charge is 0.254 e. The lowest BCUT2D eigenvalue weighted by Crippen LogP contribution is -2.42. The molecule has 0 unspecified atom stereocenters. The second-order valence-corrected chi connectivity index (χ2v) is 7.62. The van der Waals surface area contributed by atoms with E-state index in [1.807, 2.05) is 60.4 Å². The number of pyridine rings is 1. The Hall–Kier alpha value is -3.87. The molecule has 0 bridgehead atoms. The van der Waals surface area contributed by atoms with Gasteiger partial charge in [0.2, 0.25) is 0 Å². The van der Waals surface area contributed by atoms with Gasteiger partial charge in [-0.15, -0.1) is 0 Å². The lowest BCUT2D eigenvalue weighted by Gasteiger charge is -2.31. The van der Waals surface area contributed by atoms with Gasteiger partial charge in [0.25, 0.3) is 11.8 Å². The second kappa shape index (κ2) is 8.87. The number of nitrogens with one attached hydrogen (secondary N) is 2. The first-order chi connectivity index (χ1) is 15.0. The standard InChI is InChI=1S/C24H25N5O2/c1-16-12-18(8-9-19(16)24(31)29-10-5-11-29)28-22-13-21(20(15-27-22)23(25)30)26-14-17-6-3-2-4-7-17/h2-4,6-9,12-13,15H,5,10-11,14H2,1H3,(H2,25,30)(H2,26,27,28). The molecule has 1 aromatic heterocycles. The van der Waals surface area contributed by atoms with Gasteiger partial charge < -0.3 is 21.3 Å². The van der Waals surface area contributed by atoms with E-state index in [4.69, 9.17) is 5.73 Å². The number of benzene rings is 2. The van der Waals surface area contributed by atoms with Gasteiger partial charge >= 0.3 is 0 Å². The summed E-state index contributed by atoms with van der Waals surface area (Å²) in [5, 5.41) is 6.51. The van der Waals surface area contributed by atoms with Gasteiger partial charge in [0.15, 0.2) is 0 Å². The molecule has 1 saturated heterocycles. The molecule has 7 heteroatoms. The van der Waals surface area contributed by atoms with E-state index >= 15 is 0 Å². The van der Waals surface area contributed by atoms with Crippen molar-refractivity contribution in [3.8, 4) is 0 Å². The number of aryl methyl sites for hydroxylation is 1. The van der Waals surface area contributed by atoms with E-state index in [1.54, 1.807) is 6.07 Å². The van der Waals surface area contributed by atoms with Gasteiger partial charge in [-0.25, -0.2) is 4.98 Å². The maximum Gasteiger partial charge on any atom is 0.254 e. The molecule has 2 heterocycles. The molecule has 2 amide bonds. The van der Waals surface area contributed by atoms with E-state index in [0.717, 1.165) is 36.3 Å². The molecule has 1 aliphatic rings. The van der Waals surface area contributed by atoms with Crippen LogP contribution in [0.1, 0.15) is 38.3 Å². The fraction of sp³-hybridized carbons (Fsp3) is 0.208. The van der Waals surface area contributed by atoms with E-state index < -0.39 is 5.91 Å². The van der Waals surface area contributed by atoms with Crippen LogP contribution >= 0.6 is 0 Å². The van der Waals surface area contributed by atoms with E-state index in [0.29, 0.717) is 29.2 Å². The summed E-state index contributed by atoms with van der Waals surface area (Å²) in [6.07, 6.45) is 2.53. The molecule has 0 spiro atoms. The summed E-state index contributed by atoms with van der Waals surface area (Å²) < 4.78 is 0. The molecule has 7 nitrogen and oxygen atoms in total. The quantitative estimate of drug-likeness (QED) is 0.546. The lowest BCUT2D eigenvalue weighted by atomic mass is 10.0. The number of aromatic nitrogens is 1. The van der Waals surface area contributed by atoms with Gasteiger partial charge in [-0.2, -0.15) is 0 Å². The molecule has 4 N–H and O–H groups in total. The molecule has 1 fully saturated rings. The lowest BCUT2D eigenvalue weighted by molar-refractivity contribution is 0.0651. The topological polar surface area (TPSA) is 100 Å². The summed E-state index contributed by atoms with van der Waals surface area (Å²) in [5.74, 6) is 0.104. The first-order valence-electron chi connectivity index (χ1n) is 10.3. The highest BCUT2D eigenvalue weighted by Gasteiger charge is 2.22. The highest BCUT2D eigenvalue weighted by atomic mass is 16.2. The molecule has 0 atom stereocenters. The molecule has 158 valence electrons. The Morgan fingerprint density at radius 3 is 2.48 bits per heavy atom. The Labute approximate surface area is 181 Å². The molecule has 4 rings (SSSR count). The van der Waals surface area contributed by atoms with E-state index in [9.17, 15) is 9.59 Å². The van der Waals surface area contributed by atoms with Gasteiger partial charge in [-0.3, -0.25) is 9.59 Å². The van der Waals surface area contributed by atoms with Crippen LogP contribution in [-0.2, 0) is 6.54 Å². The maximum absolute atomic E-state index is 12.5. The van der Waals surface area contributed by atoms with E-state index in [-0.39, 0.29) is 5.91 Å². The largest absolute Gasteiger partial charge is 0.380 e. The number of hydrogen-bond acceptors (Lipinski definition) is 5. The Kier molecular flexibility index (Phi) is 5.84. The molecule has 0 saturated carbocycles. The van der Waals surface area contributed by atoms with Crippen LogP contribution in [0.2, 0.25) is 0 Å². The highest BCUT2D eigenvalue weighted by Crippen LogP contribution is 2.24. The zero-order chi connectivity index (χ0) is 21.8. The fourth-order valence-corrected chi connectivity index (χ4v) is 3.48. The van der Waals surface area contributed by atoms with Crippen LogP contribution in [0.15, 0.2) is 60.8 Å². The Morgan fingerprint density at radius 1 is 1.06 bits per heavy atom. The number of carbonyl (C=O) groups is 2. The van der Waals surface area contributed by atoms with Crippen molar-refractivity contribution in [1.29, 1.82) is 0 Å². The number of anilines is 3. The van der Waals surface area contributed by atoms with E-state index in [2.05, 4.69) is 15.6 Å². The summed E-state index contributed by atoms with van der Waals surface area (Å²) in [4.78, 5) is 30.5. The summed E-state index contributed by atoms with van der Waals surface area (Å²) in [7, 11) is 0. The Morgan fingerprint density at radius 2 is 1.84 bits per heavy atom. The first-order valence-corrected chi connectivity index (χ1v) is 10.3. The predicted octanol–water partition coefficient (Wildman–Crippen LogP) is 3.69. The highest BCUT2D eigenvalue weighted by molar-refractivity contribution is 5.99. The molecule has 3 aromatic rings. The van der Waals surface area contributed by atoms with Crippen molar-refractivity contribution in [1.82, 2.24) is 9.88 Å². The average molecular weight is 415 g/mol. The Balaban J connectivity index is 1.52. The van der Waals surface area contributed by atoms with E-state index in [1.165, 1.54) is 6.20 Å². The third-order valence-corrected chi connectivity index (χ3v) is 5.37. The Bertz CT molecular complexity index is 1110. The van der Waals surface area contributed by atoms with Crippen molar-refractivity contribution in [3.63, 3.8) is 0 Å². The second-order valence-electron chi connectivity index (χ2n) is 7.62. The summed E-state index contributed by atoms with van der Waals surface area (Å²) >= 11 is 0. The maximum atomic E-state index is 12.5. The number of primary amides is 1. The van der Waals surface area contributed by atoms with Crippen LogP contribution in [0.5, 0.6) is 0 Å². The van der Waals surface area contributed by atoms with Crippen LogP contribution < -0.4 is 16.4 Å². The summed E-state index contributed by atoms with van der Waals surface area (Å²) in [6.45, 7) is 4.13. The van der Waals surface area contributed by atoms with Crippen molar-refractivity contribution in [2.45, 2.75) is 19.9 Å². The molecule has 0 aliphatic carbocycles. The minimum Gasteiger partial charge on any atom is -0.380 e. The third-order valence-electron chi connectivity index (χ3n) is 5.37. The molecule has 0 radical (unpaired) electrons. The summed E-state index contributed by atoms with van der Waals surface area (Å²) in [5.41, 5.74) is 9.96. The van der Waals surface area contributed by atoms with Gasteiger partial charge in [0.1, 0.15) is 5.82 Å². The molecule has 1 aliphatic heterocycles. The third kappa shape index (κ3) is 4.66. The molecule has 2 aromatic carbocycles. The van der Waals surface area contributed by atoms with Crippen LogP contribution in [-0.4, -0.2) is 34.8 Å². The van der Waals surface area contributed by atoms with Gasteiger partial charge in [0, 0.05) is 43.1 Å². The first kappa shape index (κ1) is 20.4. The minimum absolute atomic E-state index is 0.0756. The number of likely N-dealkylation sites (tertiary alicyclic amines) is 1. The van der Waals surface area contributed by atoms with Crippen molar-refractivity contribution in [2.75, 3.05) is 23.7 Å². The van der Waals surface area contributed by atoms with Gasteiger partial charge in [-0.1, -0.05) is 30.3 Å². The van der Waals surface area contributed by atoms with Crippen molar-refractivity contribution in [3.05, 3.63) is 83.0 Å². The predicted molar refractivity (Wildman–Crippen MR) is 122 cm³/mol. The fourth-order valence-electron chi connectivity index (χ4n) is 3.48. The van der Waals surface area contributed by atoms with Crippen molar-refractivity contribution < 1.29 is 9.59 Å². The normalized spacial score (nSPS) is 12.7. The van der Waals surface area contributed by atoms with Gasteiger partial charge in [-0.05, 0) is 42.7 Å². The van der Waals surface area contributed by atoms with Crippen molar-refractivity contribution in [2.24, 2.45) is 5.73 Å². The molecular formula is C24H25N5O2. The molecular weight excluding hydrogens is 390 g/mol. The monoisotopic (exact) mass is 415 g/mol. The summed E-state index contributed by atoms with van der Waals surface area (Å²) in [6, 6.07) is 17.3. The number of hydrogen-bond donors (Lipinski definition) is 3. The number of amides is 2. The van der Waals surface area contributed by atoms with Crippen molar-refractivity contribution >= 4 is 29.0 Å². The minimum atomic E-state index is -0.542. The van der Waals surface area contributed by atoms with Crippen LogP contribution in [0.4, 0.5) is 17.2 Å². The number of nitrogens with zero attached hydrogens (tertiary/aromatic N) is 2. The number of rotatable bonds is 7. The molecule has 31 heavy (non-hydrogen) atoms. The van der Waals surface area contributed by atoms with Crippen LogP contribution in [0.25, 0.3) is 0 Å². The SMILES string of the molecule is Cc1cc(Nc2cc(NCc3ccccc3)c(C(N)=O)cn2)ccc1C(=O)N1CCC1. The zero-order valence-electron chi connectivity index (χ0n) is 17.4. The zero-order valence-corrected chi connectivity index (χ0v) is 17.4. The van der Waals surface area contributed by atoms with Gasteiger partial charge in [0.05, 0.1) is 11.3 Å². The van der Waals surface area contributed by atoms with Crippen LogP contribution in [0.3, 0.4) is 0 Å². The number of carbonyl (C=O) groups excluding carboxylic acids is 2. The number of nitrogens with two attached hydrogens (primary N) is 1. The average Bonchev–Trinajstić information content (AvgIpc) is 2.71. The van der Waals surface area contributed by atoms with Crippen LogP contribution in [0, 0.1) is 6.92 Å².